The molecule has 0 aromatic carbocycles. The molecule has 1 aromatic heterocycles. The lowest BCUT2D eigenvalue weighted by Gasteiger charge is -2.06. The van der Waals surface area contributed by atoms with Crippen LogP contribution in [0.5, 0.6) is 0 Å². The fourth-order valence-electron chi connectivity index (χ4n) is 1.15. The highest BCUT2D eigenvalue weighted by atomic mass is 16.3. The molecule has 1 fully saturated rings. The van der Waals surface area contributed by atoms with Crippen LogP contribution in [0.1, 0.15) is 24.1 Å². The second-order valence-electron chi connectivity index (χ2n) is 3.22. The molecule has 1 aliphatic carbocycles. The van der Waals surface area contributed by atoms with Gasteiger partial charge in [0.2, 0.25) is 0 Å². The number of aliphatic hydroxyl groups is 1. The van der Waals surface area contributed by atoms with E-state index < -0.39 is 5.60 Å². The van der Waals surface area contributed by atoms with Crippen molar-refractivity contribution in [2.24, 2.45) is 0 Å². The maximum Gasteiger partial charge on any atom is 0.0913 e. The van der Waals surface area contributed by atoms with Crippen LogP contribution < -0.4 is 0 Å². The third-order valence-corrected chi connectivity index (χ3v) is 2.17. The highest BCUT2D eigenvalue weighted by Crippen LogP contribution is 2.44. The number of pyridine rings is 1. The highest BCUT2D eigenvalue weighted by molar-refractivity contribution is 5.25. The zero-order valence-corrected chi connectivity index (χ0v) is 6.54. The molecule has 0 aliphatic heterocycles. The average Bonchev–Trinajstić information content (AvgIpc) is 2.70. The molecule has 0 bridgehead atoms. The standard InChI is InChI=1S/C9H11NO/c1-7-2-3-8(6-10-7)9(11)4-5-9/h2-3,6,11H,4-5H2,1H3. The van der Waals surface area contributed by atoms with Crippen LogP contribution in [0.3, 0.4) is 0 Å². The minimum absolute atomic E-state index is 0.527. The maximum absolute atomic E-state index is 9.65. The number of nitrogens with zero attached hydrogens (tertiary/aromatic N) is 1. The zero-order valence-electron chi connectivity index (χ0n) is 6.54. The molecule has 2 heteroatoms. The molecule has 1 saturated carbocycles. The molecule has 1 heterocycles. The van der Waals surface area contributed by atoms with Crippen LogP contribution >= 0.6 is 0 Å². The lowest BCUT2D eigenvalue weighted by Crippen LogP contribution is -2.04. The summed E-state index contributed by atoms with van der Waals surface area (Å²) >= 11 is 0. The minimum Gasteiger partial charge on any atom is -0.385 e. The van der Waals surface area contributed by atoms with Gasteiger partial charge in [-0.1, -0.05) is 6.07 Å². The number of rotatable bonds is 1. The second kappa shape index (κ2) is 2.05. The van der Waals surface area contributed by atoms with E-state index in [4.69, 9.17) is 0 Å². The van der Waals surface area contributed by atoms with E-state index in [1.165, 1.54) is 0 Å². The molecule has 11 heavy (non-hydrogen) atoms. The fourth-order valence-corrected chi connectivity index (χ4v) is 1.15. The van der Waals surface area contributed by atoms with Crippen molar-refractivity contribution in [1.82, 2.24) is 4.98 Å². The second-order valence-corrected chi connectivity index (χ2v) is 3.22. The van der Waals surface area contributed by atoms with Gasteiger partial charge in [0.1, 0.15) is 0 Å². The van der Waals surface area contributed by atoms with Crippen molar-refractivity contribution in [1.29, 1.82) is 0 Å². The van der Waals surface area contributed by atoms with Gasteiger partial charge in [0, 0.05) is 17.5 Å². The summed E-state index contributed by atoms with van der Waals surface area (Å²) in [4.78, 5) is 4.13. The Labute approximate surface area is 65.9 Å². The largest absolute Gasteiger partial charge is 0.385 e. The van der Waals surface area contributed by atoms with Gasteiger partial charge in [-0.25, -0.2) is 0 Å². The van der Waals surface area contributed by atoms with Crippen molar-refractivity contribution in [3.8, 4) is 0 Å². The Morgan fingerprint density at radius 2 is 2.18 bits per heavy atom. The predicted octanol–water partition coefficient (Wildman–Crippen LogP) is 1.37. The molecule has 2 rings (SSSR count). The van der Waals surface area contributed by atoms with Crippen LogP contribution in [0.4, 0.5) is 0 Å². The van der Waals surface area contributed by atoms with E-state index in [1.54, 1.807) is 6.20 Å². The summed E-state index contributed by atoms with van der Waals surface area (Å²) in [7, 11) is 0. The molecule has 58 valence electrons. The fraction of sp³-hybridized carbons (Fsp3) is 0.444. The van der Waals surface area contributed by atoms with Gasteiger partial charge in [0.15, 0.2) is 0 Å². The third kappa shape index (κ3) is 1.14. The van der Waals surface area contributed by atoms with Gasteiger partial charge < -0.3 is 5.11 Å². The summed E-state index contributed by atoms with van der Waals surface area (Å²) in [5.41, 5.74) is 1.43. The molecular formula is C9H11NO. The summed E-state index contributed by atoms with van der Waals surface area (Å²) in [6.45, 7) is 1.95. The van der Waals surface area contributed by atoms with Gasteiger partial charge in [-0.3, -0.25) is 4.98 Å². The van der Waals surface area contributed by atoms with Crippen LogP contribution in [0, 0.1) is 6.92 Å². The van der Waals surface area contributed by atoms with Gasteiger partial charge in [-0.2, -0.15) is 0 Å². The summed E-state index contributed by atoms with van der Waals surface area (Å²) < 4.78 is 0. The van der Waals surface area contributed by atoms with Gasteiger partial charge in [0.25, 0.3) is 0 Å². The normalized spacial score (nSPS) is 19.8. The van der Waals surface area contributed by atoms with Crippen LogP contribution in [-0.4, -0.2) is 10.1 Å². The first-order chi connectivity index (χ1) is 5.21. The minimum atomic E-state index is -0.527. The number of aryl methyl sites for hydroxylation is 1. The molecule has 0 radical (unpaired) electrons. The number of hydrogen-bond donors (Lipinski definition) is 1. The average molecular weight is 149 g/mol. The van der Waals surface area contributed by atoms with Crippen molar-refractivity contribution in [3.05, 3.63) is 29.6 Å². The van der Waals surface area contributed by atoms with E-state index in [0.29, 0.717) is 0 Å². The molecule has 1 N–H and O–H groups in total. The molecule has 0 amide bonds. The summed E-state index contributed by atoms with van der Waals surface area (Å²) in [5, 5.41) is 9.65. The molecule has 1 aliphatic rings. The van der Waals surface area contributed by atoms with Crippen molar-refractivity contribution >= 4 is 0 Å². The van der Waals surface area contributed by atoms with E-state index in [9.17, 15) is 5.11 Å². The zero-order chi connectivity index (χ0) is 7.90. The molecule has 0 unspecified atom stereocenters. The van der Waals surface area contributed by atoms with Crippen LogP contribution in [0.25, 0.3) is 0 Å². The SMILES string of the molecule is Cc1ccc(C2(O)CC2)cn1. The van der Waals surface area contributed by atoms with Gasteiger partial charge in [-0.15, -0.1) is 0 Å². The Bertz CT molecular complexity index is 261. The molecule has 1 aromatic rings. The van der Waals surface area contributed by atoms with Gasteiger partial charge in [-0.05, 0) is 25.8 Å². The van der Waals surface area contributed by atoms with Gasteiger partial charge >= 0.3 is 0 Å². The molecule has 0 saturated heterocycles. The topological polar surface area (TPSA) is 33.1 Å². The van der Waals surface area contributed by atoms with Crippen molar-refractivity contribution < 1.29 is 5.11 Å². The Kier molecular flexibility index (Phi) is 1.26. The van der Waals surface area contributed by atoms with E-state index in [2.05, 4.69) is 4.98 Å². The van der Waals surface area contributed by atoms with E-state index in [0.717, 1.165) is 24.1 Å². The van der Waals surface area contributed by atoms with Crippen LogP contribution in [-0.2, 0) is 5.60 Å². The smallest absolute Gasteiger partial charge is 0.0913 e. The lowest BCUT2D eigenvalue weighted by molar-refractivity contribution is 0.151. The molecular weight excluding hydrogens is 138 g/mol. The van der Waals surface area contributed by atoms with Gasteiger partial charge in [0.05, 0.1) is 5.60 Å². The third-order valence-electron chi connectivity index (χ3n) is 2.17. The van der Waals surface area contributed by atoms with E-state index >= 15 is 0 Å². The van der Waals surface area contributed by atoms with Crippen molar-refractivity contribution in [2.75, 3.05) is 0 Å². The molecule has 0 atom stereocenters. The van der Waals surface area contributed by atoms with E-state index in [-0.39, 0.29) is 0 Å². The molecule has 2 nitrogen and oxygen atoms in total. The van der Waals surface area contributed by atoms with E-state index in [1.807, 2.05) is 19.1 Å². The monoisotopic (exact) mass is 149 g/mol. The molecule has 0 spiro atoms. The Morgan fingerprint density at radius 1 is 1.45 bits per heavy atom. The summed E-state index contributed by atoms with van der Waals surface area (Å²) in [6.07, 6.45) is 3.54. The quantitative estimate of drug-likeness (QED) is 0.654. The Morgan fingerprint density at radius 3 is 2.64 bits per heavy atom. The summed E-state index contributed by atoms with van der Waals surface area (Å²) in [6, 6.07) is 3.89. The van der Waals surface area contributed by atoms with Crippen LogP contribution in [0.2, 0.25) is 0 Å². The number of hydrogen-bond acceptors (Lipinski definition) is 2. The first-order valence-corrected chi connectivity index (χ1v) is 3.86. The van der Waals surface area contributed by atoms with Crippen molar-refractivity contribution in [3.63, 3.8) is 0 Å². The highest BCUT2D eigenvalue weighted by Gasteiger charge is 2.42. The Hall–Kier alpha value is -0.890. The Balaban J connectivity index is 2.33. The van der Waals surface area contributed by atoms with Crippen molar-refractivity contribution in [2.45, 2.75) is 25.4 Å². The number of aromatic nitrogens is 1. The first kappa shape index (κ1) is 6.80. The summed E-state index contributed by atoms with van der Waals surface area (Å²) in [5.74, 6) is 0. The van der Waals surface area contributed by atoms with Crippen LogP contribution in [0.15, 0.2) is 18.3 Å². The first-order valence-electron chi connectivity index (χ1n) is 3.86. The predicted molar refractivity (Wildman–Crippen MR) is 42.1 cm³/mol. The lowest BCUT2D eigenvalue weighted by atomic mass is 10.1. The maximum atomic E-state index is 9.65.